The van der Waals surface area contributed by atoms with Crippen LogP contribution in [0.15, 0.2) is 18.2 Å². The largest absolute Gasteiger partial charge is 0.394 e. The molecule has 0 unspecified atom stereocenters. The SMILES string of the molecule is CC[C@@H](CO)NC(=O)c1ccc(C)cc1C. The van der Waals surface area contributed by atoms with E-state index >= 15 is 0 Å². The Labute approximate surface area is 96.5 Å². The monoisotopic (exact) mass is 221 g/mol. The standard InChI is InChI=1S/C13H19NO2/c1-4-11(8-15)14-13(16)12-6-5-9(2)7-10(12)3/h5-7,11,15H,4,8H2,1-3H3,(H,14,16)/t11-/m0/s1. The molecular formula is C13H19NO2. The summed E-state index contributed by atoms with van der Waals surface area (Å²) in [6.45, 7) is 5.83. The minimum Gasteiger partial charge on any atom is -0.394 e. The van der Waals surface area contributed by atoms with Gasteiger partial charge in [0.2, 0.25) is 0 Å². The van der Waals surface area contributed by atoms with Gasteiger partial charge in [-0.05, 0) is 31.9 Å². The maximum atomic E-state index is 11.9. The lowest BCUT2D eigenvalue weighted by molar-refractivity contribution is 0.0914. The Hall–Kier alpha value is -1.35. The van der Waals surface area contributed by atoms with Gasteiger partial charge in [-0.25, -0.2) is 0 Å². The van der Waals surface area contributed by atoms with E-state index in [9.17, 15) is 4.79 Å². The first kappa shape index (κ1) is 12.7. The van der Waals surface area contributed by atoms with Gasteiger partial charge >= 0.3 is 0 Å². The number of benzene rings is 1. The molecule has 0 saturated heterocycles. The van der Waals surface area contributed by atoms with E-state index in [4.69, 9.17) is 5.11 Å². The van der Waals surface area contributed by atoms with E-state index in [2.05, 4.69) is 5.32 Å². The number of hydrogen-bond donors (Lipinski definition) is 2. The minimum atomic E-state index is -0.159. The molecule has 1 aromatic rings. The highest BCUT2D eigenvalue weighted by Gasteiger charge is 2.12. The van der Waals surface area contributed by atoms with Gasteiger partial charge in [-0.3, -0.25) is 4.79 Å². The van der Waals surface area contributed by atoms with E-state index in [0.29, 0.717) is 5.56 Å². The molecule has 1 aromatic carbocycles. The van der Waals surface area contributed by atoms with E-state index in [1.54, 1.807) is 0 Å². The smallest absolute Gasteiger partial charge is 0.251 e. The molecule has 3 nitrogen and oxygen atoms in total. The molecule has 1 rings (SSSR count). The summed E-state index contributed by atoms with van der Waals surface area (Å²) in [6, 6.07) is 5.56. The van der Waals surface area contributed by atoms with Crippen molar-refractivity contribution in [3.63, 3.8) is 0 Å². The lowest BCUT2D eigenvalue weighted by Crippen LogP contribution is -2.37. The number of amides is 1. The van der Waals surface area contributed by atoms with Crippen molar-refractivity contribution in [2.24, 2.45) is 0 Å². The van der Waals surface area contributed by atoms with Crippen LogP contribution in [0.3, 0.4) is 0 Å². The highest BCUT2D eigenvalue weighted by molar-refractivity contribution is 5.95. The maximum absolute atomic E-state index is 11.9. The van der Waals surface area contributed by atoms with Gasteiger partial charge in [0.05, 0.1) is 12.6 Å². The number of rotatable bonds is 4. The van der Waals surface area contributed by atoms with Gasteiger partial charge in [-0.15, -0.1) is 0 Å². The van der Waals surface area contributed by atoms with Crippen LogP contribution in [0.2, 0.25) is 0 Å². The zero-order valence-electron chi connectivity index (χ0n) is 10.1. The first-order valence-electron chi connectivity index (χ1n) is 5.57. The molecule has 0 aliphatic heterocycles. The summed E-state index contributed by atoms with van der Waals surface area (Å²) in [7, 11) is 0. The van der Waals surface area contributed by atoms with Crippen LogP contribution in [0, 0.1) is 13.8 Å². The van der Waals surface area contributed by atoms with Crippen molar-refractivity contribution in [2.45, 2.75) is 33.2 Å². The fraction of sp³-hybridized carbons (Fsp3) is 0.462. The Balaban J connectivity index is 2.80. The topological polar surface area (TPSA) is 49.3 Å². The second-order valence-corrected chi connectivity index (χ2v) is 4.08. The molecule has 3 heteroatoms. The van der Waals surface area contributed by atoms with Gasteiger partial charge in [0.25, 0.3) is 5.91 Å². The van der Waals surface area contributed by atoms with Crippen molar-refractivity contribution in [1.82, 2.24) is 5.32 Å². The molecular weight excluding hydrogens is 202 g/mol. The number of hydrogen-bond acceptors (Lipinski definition) is 2. The van der Waals surface area contributed by atoms with Crippen molar-refractivity contribution in [1.29, 1.82) is 0 Å². The summed E-state index contributed by atoms with van der Waals surface area (Å²) in [5.74, 6) is -0.113. The van der Waals surface area contributed by atoms with Crippen LogP contribution in [-0.2, 0) is 0 Å². The fourth-order valence-electron chi connectivity index (χ4n) is 1.61. The van der Waals surface area contributed by atoms with Gasteiger partial charge in [-0.2, -0.15) is 0 Å². The molecule has 0 fully saturated rings. The summed E-state index contributed by atoms with van der Waals surface area (Å²) in [5.41, 5.74) is 2.78. The van der Waals surface area contributed by atoms with Crippen molar-refractivity contribution in [3.8, 4) is 0 Å². The summed E-state index contributed by atoms with van der Waals surface area (Å²) >= 11 is 0. The van der Waals surface area contributed by atoms with E-state index < -0.39 is 0 Å². The molecule has 1 amide bonds. The molecule has 0 aliphatic carbocycles. The quantitative estimate of drug-likeness (QED) is 0.814. The van der Waals surface area contributed by atoms with Gasteiger partial charge in [-0.1, -0.05) is 24.6 Å². The predicted molar refractivity (Wildman–Crippen MR) is 64.5 cm³/mol. The number of nitrogens with one attached hydrogen (secondary N) is 1. The van der Waals surface area contributed by atoms with Crippen LogP contribution >= 0.6 is 0 Å². The molecule has 0 heterocycles. The van der Waals surface area contributed by atoms with Crippen molar-refractivity contribution in [2.75, 3.05) is 6.61 Å². The molecule has 0 radical (unpaired) electrons. The van der Waals surface area contributed by atoms with E-state index in [1.807, 2.05) is 39.0 Å². The number of aryl methyl sites for hydroxylation is 2. The molecule has 16 heavy (non-hydrogen) atoms. The van der Waals surface area contributed by atoms with Gasteiger partial charge < -0.3 is 10.4 Å². The lowest BCUT2D eigenvalue weighted by Gasteiger charge is -2.15. The highest BCUT2D eigenvalue weighted by atomic mass is 16.3. The van der Waals surface area contributed by atoms with Crippen LogP contribution in [0.1, 0.15) is 34.8 Å². The molecule has 0 bridgehead atoms. The summed E-state index contributed by atoms with van der Waals surface area (Å²) in [4.78, 5) is 11.9. The fourth-order valence-corrected chi connectivity index (χ4v) is 1.61. The zero-order valence-corrected chi connectivity index (χ0v) is 10.1. The van der Waals surface area contributed by atoms with Gasteiger partial charge in [0.15, 0.2) is 0 Å². The number of carbonyl (C=O) groups excluding carboxylic acids is 1. The van der Waals surface area contributed by atoms with Crippen LogP contribution in [0.25, 0.3) is 0 Å². The zero-order chi connectivity index (χ0) is 12.1. The average Bonchev–Trinajstić information content (AvgIpc) is 2.25. The Kier molecular flexibility index (Phi) is 4.50. The first-order valence-corrected chi connectivity index (χ1v) is 5.57. The predicted octanol–water partition coefficient (Wildman–Crippen LogP) is 1.80. The lowest BCUT2D eigenvalue weighted by atomic mass is 10.0. The van der Waals surface area contributed by atoms with Crippen LogP contribution in [0.5, 0.6) is 0 Å². The van der Waals surface area contributed by atoms with Gasteiger partial charge in [0, 0.05) is 5.56 Å². The summed E-state index contributed by atoms with van der Waals surface area (Å²) in [5, 5.41) is 11.8. The third-order valence-electron chi connectivity index (χ3n) is 2.67. The summed E-state index contributed by atoms with van der Waals surface area (Å²) < 4.78 is 0. The molecule has 0 aromatic heterocycles. The van der Waals surface area contributed by atoms with E-state index in [-0.39, 0.29) is 18.6 Å². The Morgan fingerprint density at radius 1 is 1.44 bits per heavy atom. The molecule has 2 N–H and O–H groups in total. The van der Waals surface area contributed by atoms with Crippen LogP contribution in [0.4, 0.5) is 0 Å². The minimum absolute atomic E-state index is 0.0207. The number of carbonyl (C=O) groups is 1. The van der Waals surface area contributed by atoms with Crippen LogP contribution in [-0.4, -0.2) is 23.7 Å². The highest BCUT2D eigenvalue weighted by Crippen LogP contribution is 2.10. The number of aliphatic hydroxyl groups is 1. The van der Waals surface area contributed by atoms with E-state index in [1.165, 1.54) is 0 Å². The van der Waals surface area contributed by atoms with Crippen molar-refractivity contribution < 1.29 is 9.90 Å². The van der Waals surface area contributed by atoms with Crippen molar-refractivity contribution in [3.05, 3.63) is 34.9 Å². The van der Waals surface area contributed by atoms with Crippen molar-refractivity contribution >= 4 is 5.91 Å². The first-order chi connectivity index (χ1) is 7.58. The number of aliphatic hydroxyl groups excluding tert-OH is 1. The second kappa shape index (κ2) is 5.66. The Morgan fingerprint density at radius 2 is 2.12 bits per heavy atom. The Bertz CT molecular complexity index is 370. The molecule has 0 spiro atoms. The summed E-state index contributed by atoms with van der Waals surface area (Å²) in [6.07, 6.45) is 0.729. The molecule has 0 saturated carbocycles. The normalized spacial score (nSPS) is 12.2. The Morgan fingerprint density at radius 3 is 2.62 bits per heavy atom. The van der Waals surface area contributed by atoms with Crippen LogP contribution < -0.4 is 5.32 Å². The van der Waals surface area contributed by atoms with Gasteiger partial charge in [0.1, 0.15) is 0 Å². The second-order valence-electron chi connectivity index (χ2n) is 4.08. The third-order valence-corrected chi connectivity index (χ3v) is 2.67. The van der Waals surface area contributed by atoms with E-state index in [0.717, 1.165) is 17.5 Å². The average molecular weight is 221 g/mol. The third kappa shape index (κ3) is 3.07. The maximum Gasteiger partial charge on any atom is 0.251 e. The molecule has 1 atom stereocenters. The molecule has 0 aliphatic rings. The molecule has 88 valence electrons.